The van der Waals surface area contributed by atoms with Crippen LogP contribution in [0.4, 0.5) is 0 Å². The van der Waals surface area contributed by atoms with Crippen molar-refractivity contribution in [1.82, 2.24) is 4.31 Å². The Morgan fingerprint density at radius 1 is 1.24 bits per heavy atom. The number of carbonyl (C=O) groups excluding carboxylic acids is 1. The first-order valence-electron chi connectivity index (χ1n) is 4.93. The number of carboxylic acids is 1. The van der Waals surface area contributed by atoms with E-state index in [4.69, 9.17) is 0 Å². The molecule has 0 aliphatic heterocycles. The summed E-state index contributed by atoms with van der Waals surface area (Å²) in [7, 11) is -0.847. The van der Waals surface area contributed by atoms with E-state index < -0.39 is 16.0 Å². The van der Waals surface area contributed by atoms with E-state index in [1.807, 2.05) is 0 Å². The fourth-order valence-electron chi connectivity index (χ4n) is 1.41. The second-order valence-electron chi connectivity index (χ2n) is 3.99. The van der Waals surface area contributed by atoms with Crippen LogP contribution in [0.1, 0.15) is 21.5 Å². The monoisotopic (exact) mass is 256 g/mol. The molecule has 0 saturated carbocycles. The van der Waals surface area contributed by atoms with Crippen LogP contribution >= 0.6 is 0 Å². The Labute approximate surface area is 101 Å². The second-order valence-corrected chi connectivity index (χ2v) is 6.11. The number of aromatic carboxylic acids is 1. The van der Waals surface area contributed by atoms with E-state index in [0.717, 1.165) is 10.4 Å². The number of hydrogen-bond donors (Lipinski definition) is 0. The summed E-state index contributed by atoms with van der Waals surface area (Å²) < 4.78 is 25.0. The van der Waals surface area contributed by atoms with Crippen molar-refractivity contribution >= 4 is 16.0 Å². The summed E-state index contributed by atoms with van der Waals surface area (Å²) in [6.45, 7) is 3.31. The van der Waals surface area contributed by atoms with Crippen molar-refractivity contribution in [2.45, 2.75) is 18.7 Å². The first kappa shape index (κ1) is 13.7. The molecule has 0 fully saturated rings. The van der Waals surface area contributed by atoms with Crippen molar-refractivity contribution in [3.05, 3.63) is 28.8 Å². The zero-order valence-electron chi connectivity index (χ0n) is 10.1. The van der Waals surface area contributed by atoms with Gasteiger partial charge in [0.2, 0.25) is 10.0 Å². The molecule has 0 aliphatic carbocycles. The van der Waals surface area contributed by atoms with Crippen molar-refractivity contribution in [1.29, 1.82) is 0 Å². The van der Waals surface area contributed by atoms with Gasteiger partial charge in [0.05, 0.1) is 10.9 Å². The molecule has 0 heterocycles. The van der Waals surface area contributed by atoms with Gasteiger partial charge in [0, 0.05) is 14.1 Å². The van der Waals surface area contributed by atoms with Crippen LogP contribution in [-0.4, -0.2) is 32.8 Å². The number of aryl methyl sites for hydroxylation is 1. The quantitative estimate of drug-likeness (QED) is 0.757. The molecule has 0 unspecified atom stereocenters. The number of carbonyl (C=O) groups is 1. The van der Waals surface area contributed by atoms with Gasteiger partial charge >= 0.3 is 0 Å². The molecule has 94 valence electrons. The van der Waals surface area contributed by atoms with Crippen LogP contribution in [0.25, 0.3) is 0 Å². The van der Waals surface area contributed by atoms with Gasteiger partial charge < -0.3 is 9.90 Å². The highest BCUT2D eigenvalue weighted by Gasteiger charge is 2.21. The summed E-state index contributed by atoms with van der Waals surface area (Å²) in [5, 5.41) is 10.8. The molecule has 0 aromatic heterocycles. The van der Waals surface area contributed by atoms with E-state index >= 15 is 0 Å². The Morgan fingerprint density at radius 3 is 2.18 bits per heavy atom. The maximum Gasteiger partial charge on any atom is 0.242 e. The summed E-state index contributed by atoms with van der Waals surface area (Å²) >= 11 is 0. The van der Waals surface area contributed by atoms with Crippen molar-refractivity contribution in [3.8, 4) is 0 Å². The molecular formula is C11H14NO4S-. The molecule has 0 N–H and O–H groups in total. The third-order valence-electron chi connectivity index (χ3n) is 2.61. The summed E-state index contributed by atoms with van der Waals surface area (Å²) in [4.78, 5) is 10.8. The number of sulfonamides is 1. The van der Waals surface area contributed by atoms with Gasteiger partial charge in [-0.05, 0) is 42.7 Å². The lowest BCUT2D eigenvalue weighted by Crippen LogP contribution is -2.26. The summed E-state index contributed by atoms with van der Waals surface area (Å²) in [6, 6.07) is 2.53. The fourth-order valence-corrected chi connectivity index (χ4v) is 2.63. The molecule has 0 atom stereocenters. The molecular weight excluding hydrogens is 242 g/mol. The van der Waals surface area contributed by atoms with E-state index in [1.165, 1.54) is 20.2 Å². The molecule has 6 heteroatoms. The minimum atomic E-state index is -3.64. The van der Waals surface area contributed by atoms with Gasteiger partial charge in [-0.25, -0.2) is 12.7 Å². The minimum Gasteiger partial charge on any atom is -0.545 e. The predicted octanol–water partition coefficient (Wildman–Crippen LogP) is -0.0828. The van der Waals surface area contributed by atoms with Crippen LogP contribution in [-0.2, 0) is 10.0 Å². The van der Waals surface area contributed by atoms with Crippen molar-refractivity contribution in [2.75, 3.05) is 14.1 Å². The van der Waals surface area contributed by atoms with Gasteiger partial charge in [0.15, 0.2) is 0 Å². The predicted molar refractivity (Wildman–Crippen MR) is 61.1 cm³/mol. The molecule has 0 bridgehead atoms. The second kappa shape index (κ2) is 4.46. The van der Waals surface area contributed by atoms with E-state index in [-0.39, 0.29) is 10.5 Å². The summed E-state index contributed by atoms with van der Waals surface area (Å²) in [6.07, 6.45) is 0. The Hall–Kier alpha value is -1.40. The molecule has 0 radical (unpaired) electrons. The normalized spacial score (nSPS) is 11.8. The van der Waals surface area contributed by atoms with Crippen LogP contribution < -0.4 is 5.11 Å². The number of rotatable bonds is 3. The highest BCUT2D eigenvalue weighted by Crippen LogP contribution is 2.22. The van der Waals surface area contributed by atoms with Crippen LogP contribution in [0.15, 0.2) is 17.0 Å². The largest absolute Gasteiger partial charge is 0.545 e. The Kier molecular flexibility index (Phi) is 3.59. The van der Waals surface area contributed by atoms with E-state index in [2.05, 4.69) is 0 Å². The van der Waals surface area contributed by atoms with Gasteiger partial charge in [0.1, 0.15) is 0 Å². The van der Waals surface area contributed by atoms with Gasteiger partial charge in [-0.2, -0.15) is 0 Å². The smallest absolute Gasteiger partial charge is 0.242 e. The zero-order valence-corrected chi connectivity index (χ0v) is 11.0. The van der Waals surface area contributed by atoms with E-state index in [9.17, 15) is 18.3 Å². The minimum absolute atomic E-state index is 0.00157. The molecule has 1 aromatic carbocycles. The van der Waals surface area contributed by atoms with E-state index in [0.29, 0.717) is 11.1 Å². The lowest BCUT2D eigenvalue weighted by atomic mass is 10.1. The third-order valence-corrected chi connectivity index (χ3v) is 4.56. The molecule has 17 heavy (non-hydrogen) atoms. The Bertz CT molecular complexity index is 561. The average Bonchev–Trinajstić information content (AvgIpc) is 2.20. The lowest BCUT2D eigenvalue weighted by Gasteiger charge is -2.16. The molecule has 0 aliphatic rings. The molecule has 1 rings (SSSR count). The molecule has 0 saturated heterocycles. The van der Waals surface area contributed by atoms with Crippen molar-refractivity contribution < 1.29 is 18.3 Å². The topological polar surface area (TPSA) is 77.5 Å². The molecule has 5 nitrogen and oxygen atoms in total. The number of carboxylic acid groups (broad SMARTS) is 1. The third kappa shape index (κ3) is 2.48. The number of benzene rings is 1. The molecule has 0 spiro atoms. The average molecular weight is 256 g/mol. The molecule has 0 amide bonds. The van der Waals surface area contributed by atoms with Crippen LogP contribution in [0.5, 0.6) is 0 Å². The SMILES string of the molecule is Cc1cc(C(=O)[O-])cc(S(=O)(=O)N(C)C)c1C. The van der Waals surface area contributed by atoms with Crippen LogP contribution in [0.2, 0.25) is 0 Å². The maximum atomic E-state index is 12.0. The Morgan fingerprint density at radius 2 is 1.76 bits per heavy atom. The maximum absolute atomic E-state index is 12.0. The van der Waals surface area contributed by atoms with Gasteiger partial charge in [-0.1, -0.05) is 0 Å². The highest BCUT2D eigenvalue weighted by molar-refractivity contribution is 7.89. The van der Waals surface area contributed by atoms with E-state index in [1.54, 1.807) is 13.8 Å². The number of hydrogen-bond acceptors (Lipinski definition) is 4. The summed E-state index contributed by atoms with van der Waals surface area (Å²) in [5.41, 5.74) is 1.02. The Balaban J connectivity index is 3.60. The summed E-state index contributed by atoms with van der Waals surface area (Å²) in [5.74, 6) is -1.39. The van der Waals surface area contributed by atoms with Gasteiger partial charge in [-0.15, -0.1) is 0 Å². The van der Waals surface area contributed by atoms with Gasteiger partial charge in [-0.3, -0.25) is 0 Å². The zero-order chi connectivity index (χ0) is 13.4. The molecule has 1 aromatic rings. The standard InChI is InChI=1S/C11H15NO4S/c1-7-5-9(11(13)14)6-10(8(7)2)17(15,16)12(3)4/h5-6H,1-4H3,(H,13,14)/p-1. The van der Waals surface area contributed by atoms with Crippen LogP contribution in [0.3, 0.4) is 0 Å². The van der Waals surface area contributed by atoms with Crippen molar-refractivity contribution in [2.24, 2.45) is 0 Å². The van der Waals surface area contributed by atoms with Crippen molar-refractivity contribution in [3.63, 3.8) is 0 Å². The van der Waals surface area contributed by atoms with Gasteiger partial charge in [0.25, 0.3) is 0 Å². The lowest BCUT2D eigenvalue weighted by molar-refractivity contribution is -0.255. The van der Waals surface area contributed by atoms with Crippen LogP contribution in [0, 0.1) is 13.8 Å². The highest BCUT2D eigenvalue weighted by atomic mass is 32.2. The fraction of sp³-hybridized carbons (Fsp3) is 0.364. The number of nitrogens with zero attached hydrogens (tertiary/aromatic N) is 1. The first-order valence-corrected chi connectivity index (χ1v) is 6.37. The first-order chi connectivity index (χ1) is 7.67.